The van der Waals surface area contributed by atoms with Gasteiger partial charge in [-0.3, -0.25) is 14.3 Å². The summed E-state index contributed by atoms with van der Waals surface area (Å²) in [6.07, 6.45) is 0. The van der Waals surface area contributed by atoms with Crippen LogP contribution in [0.5, 0.6) is 0 Å². The van der Waals surface area contributed by atoms with Crippen molar-refractivity contribution >= 4 is 36.9 Å². The molecule has 1 aliphatic rings. The molecule has 0 bridgehead atoms. The predicted octanol–water partition coefficient (Wildman–Crippen LogP) is 2.76. The molecule has 0 N–H and O–H groups in total. The topological polar surface area (TPSA) is 75.5 Å². The van der Waals surface area contributed by atoms with Gasteiger partial charge in [-0.25, -0.2) is 13.4 Å². The summed E-state index contributed by atoms with van der Waals surface area (Å²) in [6, 6.07) is 13.9. The number of benzene rings is 2. The van der Waals surface area contributed by atoms with Gasteiger partial charge in [-0.1, -0.05) is 28.1 Å². The number of rotatable bonds is 4. The molecule has 0 aliphatic carbocycles. The van der Waals surface area contributed by atoms with E-state index in [4.69, 9.17) is 4.98 Å². The van der Waals surface area contributed by atoms with Gasteiger partial charge < -0.3 is 0 Å². The lowest BCUT2D eigenvalue weighted by atomic mass is 10.2. The summed E-state index contributed by atoms with van der Waals surface area (Å²) in [5, 5.41) is 0.598. The normalized spacial score (nSPS) is 17.3. The number of aromatic nitrogens is 2. The van der Waals surface area contributed by atoms with E-state index in [1.807, 2.05) is 25.1 Å². The molecular weight excluding hydrogens is 468 g/mol. The number of piperazine rings is 1. The second-order valence-corrected chi connectivity index (χ2v) is 10.3. The van der Waals surface area contributed by atoms with Gasteiger partial charge in [-0.05, 0) is 43.3 Å². The zero-order valence-corrected chi connectivity index (χ0v) is 19.2. The lowest BCUT2D eigenvalue weighted by Gasteiger charge is -2.37. The van der Waals surface area contributed by atoms with Gasteiger partial charge in [0.1, 0.15) is 5.82 Å². The van der Waals surface area contributed by atoms with Gasteiger partial charge in [0.25, 0.3) is 5.56 Å². The fourth-order valence-electron chi connectivity index (χ4n) is 3.86. The highest BCUT2D eigenvalue weighted by Crippen LogP contribution is 2.24. The fourth-order valence-corrected chi connectivity index (χ4v) is 5.55. The van der Waals surface area contributed by atoms with E-state index in [2.05, 4.69) is 20.8 Å². The first-order valence-electron chi connectivity index (χ1n) is 9.74. The number of sulfonamides is 1. The minimum atomic E-state index is -3.52. The quantitative estimate of drug-likeness (QED) is 0.561. The summed E-state index contributed by atoms with van der Waals surface area (Å²) >= 11 is 3.33. The summed E-state index contributed by atoms with van der Waals surface area (Å²) in [6.45, 7) is 3.93. The molecule has 0 spiro atoms. The van der Waals surface area contributed by atoms with Crippen LogP contribution in [0.3, 0.4) is 0 Å². The molecular formula is C21H23BrN4O3S. The minimum absolute atomic E-state index is 0.0705. The number of hydrogen-bond donors (Lipinski definition) is 0. The smallest absolute Gasteiger partial charge is 0.261 e. The summed E-state index contributed by atoms with van der Waals surface area (Å²) in [4.78, 5) is 19.9. The molecule has 2 aromatic carbocycles. The first kappa shape index (κ1) is 21.2. The average Bonchev–Trinajstić information content (AvgIpc) is 2.76. The van der Waals surface area contributed by atoms with Gasteiger partial charge in [0.2, 0.25) is 10.0 Å². The highest BCUT2D eigenvalue weighted by molar-refractivity contribution is 9.10. The maximum atomic E-state index is 12.9. The molecule has 1 unspecified atom stereocenters. The van der Waals surface area contributed by atoms with Crippen LogP contribution >= 0.6 is 15.9 Å². The van der Waals surface area contributed by atoms with Gasteiger partial charge in [-0.2, -0.15) is 4.31 Å². The van der Waals surface area contributed by atoms with E-state index in [1.165, 1.54) is 4.31 Å². The number of para-hydroxylation sites is 1. The Labute approximate surface area is 184 Å². The van der Waals surface area contributed by atoms with Crippen LogP contribution in [0, 0.1) is 0 Å². The molecule has 1 saturated heterocycles. The Morgan fingerprint density at radius 2 is 1.63 bits per heavy atom. The van der Waals surface area contributed by atoms with Crippen LogP contribution in [0.1, 0.15) is 18.8 Å². The molecule has 7 nitrogen and oxygen atoms in total. The third-order valence-corrected chi connectivity index (χ3v) is 8.11. The highest BCUT2D eigenvalue weighted by Gasteiger charge is 2.31. The zero-order valence-electron chi connectivity index (χ0n) is 16.8. The molecule has 30 heavy (non-hydrogen) atoms. The van der Waals surface area contributed by atoms with Crippen LogP contribution in [0.15, 0.2) is 62.7 Å². The number of halogens is 1. The van der Waals surface area contributed by atoms with Crippen LogP contribution in [0.25, 0.3) is 10.9 Å². The van der Waals surface area contributed by atoms with Crippen molar-refractivity contribution in [3.05, 3.63) is 69.2 Å². The molecule has 0 amide bonds. The van der Waals surface area contributed by atoms with Crippen molar-refractivity contribution in [1.82, 2.24) is 18.8 Å². The van der Waals surface area contributed by atoms with Crippen molar-refractivity contribution in [3.8, 4) is 0 Å². The largest absolute Gasteiger partial charge is 0.298 e. The summed E-state index contributed by atoms with van der Waals surface area (Å²) in [5.41, 5.74) is 0.609. The van der Waals surface area contributed by atoms with E-state index >= 15 is 0 Å². The first-order valence-corrected chi connectivity index (χ1v) is 12.0. The number of hydrogen-bond acceptors (Lipinski definition) is 5. The van der Waals surface area contributed by atoms with Crippen molar-refractivity contribution in [1.29, 1.82) is 0 Å². The Bertz CT molecular complexity index is 1230. The van der Waals surface area contributed by atoms with E-state index in [9.17, 15) is 13.2 Å². The van der Waals surface area contributed by atoms with Gasteiger partial charge >= 0.3 is 0 Å². The minimum Gasteiger partial charge on any atom is -0.298 e. The molecule has 1 fully saturated rings. The fraction of sp³-hybridized carbons (Fsp3) is 0.333. The van der Waals surface area contributed by atoms with E-state index in [0.717, 1.165) is 4.47 Å². The molecule has 0 radical (unpaired) electrons. The summed E-state index contributed by atoms with van der Waals surface area (Å²) in [5.74, 6) is 0.683. The van der Waals surface area contributed by atoms with E-state index < -0.39 is 10.0 Å². The third-order valence-electron chi connectivity index (χ3n) is 5.66. The highest BCUT2D eigenvalue weighted by atomic mass is 79.9. The van der Waals surface area contributed by atoms with Crippen LogP contribution in [0.2, 0.25) is 0 Å². The monoisotopic (exact) mass is 490 g/mol. The Morgan fingerprint density at radius 1 is 1.00 bits per heavy atom. The second-order valence-electron chi connectivity index (χ2n) is 7.42. The molecule has 4 rings (SSSR count). The van der Waals surface area contributed by atoms with Crippen LogP contribution in [0.4, 0.5) is 0 Å². The van der Waals surface area contributed by atoms with Crippen molar-refractivity contribution in [3.63, 3.8) is 0 Å². The van der Waals surface area contributed by atoms with Gasteiger partial charge in [0.15, 0.2) is 0 Å². The molecule has 1 aliphatic heterocycles. The van der Waals surface area contributed by atoms with Crippen molar-refractivity contribution in [2.75, 3.05) is 26.2 Å². The Hall–Kier alpha value is -2.07. The van der Waals surface area contributed by atoms with Crippen molar-refractivity contribution in [2.24, 2.45) is 7.05 Å². The molecule has 9 heteroatoms. The maximum Gasteiger partial charge on any atom is 0.261 e. The van der Waals surface area contributed by atoms with Gasteiger partial charge in [-0.15, -0.1) is 0 Å². The van der Waals surface area contributed by atoms with Crippen LogP contribution in [-0.4, -0.2) is 53.4 Å². The molecule has 1 atom stereocenters. The number of nitrogens with zero attached hydrogens (tertiary/aromatic N) is 4. The van der Waals surface area contributed by atoms with Gasteiger partial charge in [0, 0.05) is 37.7 Å². The Morgan fingerprint density at radius 3 is 2.30 bits per heavy atom. The van der Waals surface area contributed by atoms with E-state index in [1.54, 1.807) is 41.9 Å². The number of fused-ring (bicyclic) bond motifs is 1. The SMILES string of the molecule is CC(c1nc2ccccc2c(=O)n1C)N1CCN(S(=O)(=O)c2ccc(Br)cc2)CC1. The maximum absolute atomic E-state index is 12.9. The summed E-state index contributed by atoms with van der Waals surface area (Å²) in [7, 11) is -1.78. The Kier molecular flexibility index (Phi) is 5.80. The zero-order chi connectivity index (χ0) is 21.5. The van der Waals surface area contributed by atoms with Crippen molar-refractivity contribution < 1.29 is 8.42 Å². The molecule has 2 heterocycles. The third kappa shape index (κ3) is 3.82. The van der Waals surface area contributed by atoms with Gasteiger partial charge in [0.05, 0.1) is 21.8 Å². The average molecular weight is 491 g/mol. The molecule has 0 saturated carbocycles. The standard InChI is InChI=1S/C21H23BrN4O3S/c1-15(20-23-19-6-4-3-5-18(19)21(27)24(20)2)25-11-13-26(14-12-25)30(28,29)17-9-7-16(22)8-10-17/h3-10,15H,11-14H2,1-2H3. The summed E-state index contributed by atoms with van der Waals surface area (Å²) < 4.78 is 29.8. The van der Waals surface area contributed by atoms with E-state index in [-0.39, 0.29) is 11.6 Å². The Balaban J connectivity index is 1.53. The molecule has 3 aromatic rings. The molecule has 1 aromatic heterocycles. The van der Waals surface area contributed by atoms with E-state index in [0.29, 0.717) is 47.8 Å². The lowest BCUT2D eigenvalue weighted by molar-refractivity contribution is 0.139. The lowest BCUT2D eigenvalue weighted by Crippen LogP contribution is -2.49. The predicted molar refractivity (Wildman–Crippen MR) is 120 cm³/mol. The van der Waals surface area contributed by atoms with Crippen molar-refractivity contribution in [2.45, 2.75) is 17.9 Å². The van der Waals surface area contributed by atoms with Crippen LogP contribution < -0.4 is 5.56 Å². The molecule has 158 valence electrons. The first-order chi connectivity index (χ1) is 14.3. The second kappa shape index (κ2) is 8.22. The van der Waals surface area contributed by atoms with Crippen LogP contribution in [-0.2, 0) is 17.1 Å².